The molecule has 0 amide bonds. The van der Waals surface area contributed by atoms with Crippen molar-refractivity contribution in [2.75, 3.05) is 21.1 Å². The number of hydrogen-bond acceptors (Lipinski definition) is 2. The second-order valence-electron chi connectivity index (χ2n) is 3.57. The van der Waals surface area contributed by atoms with E-state index < -0.39 is 18.0 Å². The second kappa shape index (κ2) is 3.53. The van der Waals surface area contributed by atoms with E-state index in [0.717, 1.165) is 0 Å². The van der Waals surface area contributed by atoms with Crippen LogP contribution in [0.4, 0.5) is 0 Å². The average molecular weight is 176 g/mol. The molecule has 0 aliphatic heterocycles. The van der Waals surface area contributed by atoms with E-state index in [-0.39, 0.29) is 10.9 Å². The maximum absolute atomic E-state index is 10.6. The lowest BCUT2D eigenvalue weighted by Gasteiger charge is -2.29. The molecule has 0 rings (SSSR count). The van der Waals surface area contributed by atoms with Crippen molar-refractivity contribution in [1.29, 1.82) is 0 Å². The summed E-state index contributed by atoms with van der Waals surface area (Å²) in [6.07, 6.45) is -0.348. The molecule has 5 heteroatoms. The summed E-state index contributed by atoms with van der Waals surface area (Å²) < 4.78 is 0.113. The summed E-state index contributed by atoms with van der Waals surface area (Å²) in [4.78, 5) is 20.9. The quantitative estimate of drug-likeness (QED) is 0.572. The van der Waals surface area contributed by atoms with E-state index in [2.05, 4.69) is 0 Å². The minimum atomic E-state index is -1.09. The fourth-order valence-electron chi connectivity index (χ4n) is 0.858. The highest BCUT2D eigenvalue weighted by atomic mass is 16.4. The summed E-state index contributed by atoms with van der Waals surface area (Å²) >= 11 is 0. The van der Waals surface area contributed by atoms with E-state index in [0.29, 0.717) is 0 Å². The van der Waals surface area contributed by atoms with Crippen LogP contribution < -0.4 is 0 Å². The Morgan fingerprint density at radius 3 is 1.75 bits per heavy atom. The molecule has 0 aromatic rings. The number of nitrogens with zero attached hydrogens (tertiary/aromatic N) is 1. The minimum Gasteiger partial charge on any atom is -0.481 e. The van der Waals surface area contributed by atoms with Crippen LogP contribution in [0.5, 0.6) is 0 Å². The molecular weight excluding hydrogens is 162 g/mol. The first kappa shape index (κ1) is 10.9. The van der Waals surface area contributed by atoms with Crippen LogP contribution in [0.2, 0.25) is 0 Å². The third-order valence-electron chi connectivity index (χ3n) is 1.59. The molecule has 0 aromatic carbocycles. The van der Waals surface area contributed by atoms with Gasteiger partial charge in [-0.15, -0.1) is 0 Å². The molecule has 1 unspecified atom stereocenters. The number of likely N-dealkylation sites (N-methyl/N-ethyl adjacent to an activating group) is 1. The second-order valence-corrected chi connectivity index (χ2v) is 3.57. The van der Waals surface area contributed by atoms with Crippen molar-refractivity contribution in [3.8, 4) is 0 Å². The van der Waals surface area contributed by atoms with E-state index in [4.69, 9.17) is 10.2 Å². The predicted octanol–water partition coefficient (Wildman–Crippen LogP) is -0.379. The van der Waals surface area contributed by atoms with Gasteiger partial charge in [0.15, 0.2) is 6.04 Å². The fraction of sp³-hybridized carbons (Fsp3) is 0.714. The highest BCUT2D eigenvalue weighted by Gasteiger charge is 2.33. The van der Waals surface area contributed by atoms with Gasteiger partial charge in [-0.05, 0) is 0 Å². The van der Waals surface area contributed by atoms with Crippen LogP contribution in [0.25, 0.3) is 0 Å². The average Bonchev–Trinajstić information content (AvgIpc) is 1.79. The van der Waals surface area contributed by atoms with Gasteiger partial charge in [-0.25, -0.2) is 4.79 Å². The zero-order chi connectivity index (χ0) is 9.94. The Morgan fingerprint density at radius 1 is 1.25 bits per heavy atom. The third-order valence-corrected chi connectivity index (χ3v) is 1.59. The molecule has 0 saturated heterocycles. The molecular formula is C7H14NO4+. The summed E-state index contributed by atoms with van der Waals surface area (Å²) in [5, 5.41) is 17.1. The minimum absolute atomic E-state index is 0.113. The molecule has 0 fully saturated rings. The lowest BCUT2D eigenvalue weighted by atomic mass is 10.1. The van der Waals surface area contributed by atoms with Gasteiger partial charge in [0, 0.05) is 0 Å². The van der Waals surface area contributed by atoms with Gasteiger partial charge in [-0.2, -0.15) is 0 Å². The van der Waals surface area contributed by atoms with E-state index in [1.54, 1.807) is 21.1 Å². The Labute approximate surface area is 70.8 Å². The first-order valence-corrected chi connectivity index (χ1v) is 3.51. The molecule has 0 aromatic heterocycles. The Hall–Kier alpha value is -1.10. The van der Waals surface area contributed by atoms with Crippen molar-refractivity contribution in [2.45, 2.75) is 12.5 Å². The van der Waals surface area contributed by atoms with Crippen LogP contribution in [0, 0.1) is 0 Å². The van der Waals surface area contributed by atoms with Crippen LogP contribution in [0.1, 0.15) is 6.42 Å². The number of carbonyl (C=O) groups is 2. The van der Waals surface area contributed by atoms with Crippen molar-refractivity contribution in [2.24, 2.45) is 0 Å². The fourth-order valence-corrected chi connectivity index (χ4v) is 0.858. The highest BCUT2D eigenvalue weighted by molar-refractivity contribution is 5.79. The van der Waals surface area contributed by atoms with Crippen LogP contribution in [-0.4, -0.2) is 53.8 Å². The lowest BCUT2D eigenvalue weighted by Crippen LogP contribution is -2.50. The Bertz CT molecular complexity index is 194. The van der Waals surface area contributed by atoms with Gasteiger partial charge in [0.1, 0.15) is 6.42 Å². The summed E-state index contributed by atoms with van der Waals surface area (Å²) in [5.74, 6) is -2.17. The van der Waals surface area contributed by atoms with Crippen molar-refractivity contribution in [3.05, 3.63) is 0 Å². The number of aliphatic carboxylic acids is 2. The molecule has 0 saturated carbocycles. The number of quaternary nitrogens is 1. The molecule has 0 radical (unpaired) electrons. The van der Waals surface area contributed by atoms with Gasteiger partial charge in [-0.3, -0.25) is 4.79 Å². The smallest absolute Gasteiger partial charge is 0.363 e. The van der Waals surface area contributed by atoms with Gasteiger partial charge >= 0.3 is 11.9 Å². The zero-order valence-corrected chi connectivity index (χ0v) is 7.44. The summed E-state index contributed by atoms with van der Waals surface area (Å²) in [5.41, 5.74) is 0. The van der Waals surface area contributed by atoms with E-state index in [1.807, 2.05) is 0 Å². The lowest BCUT2D eigenvalue weighted by molar-refractivity contribution is -0.886. The van der Waals surface area contributed by atoms with Gasteiger partial charge in [0.05, 0.1) is 21.1 Å². The molecule has 2 N–H and O–H groups in total. The Balaban J connectivity index is 4.46. The molecule has 0 heterocycles. The van der Waals surface area contributed by atoms with Crippen LogP contribution in [0.15, 0.2) is 0 Å². The third kappa shape index (κ3) is 3.34. The molecule has 5 nitrogen and oxygen atoms in total. The van der Waals surface area contributed by atoms with Gasteiger partial charge in [0.2, 0.25) is 0 Å². The monoisotopic (exact) mass is 176 g/mol. The molecule has 1 atom stereocenters. The Kier molecular flexibility index (Phi) is 3.21. The normalized spacial score (nSPS) is 13.9. The maximum atomic E-state index is 10.6. The number of rotatable bonds is 4. The molecule has 0 bridgehead atoms. The predicted molar refractivity (Wildman–Crippen MR) is 41.7 cm³/mol. The summed E-state index contributed by atoms with van der Waals surface area (Å²) in [6.45, 7) is 0. The number of hydrogen-bond donors (Lipinski definition) is 2. The SMILES string of the molecule is C[N+](C)(C)C(CC(=O)O)C(=O)O. The first-order chi connectivity index (χ1) is 5.25. The molecule has 0 spiro atoms. The maximum Gasteiger partial charge on any atom is 0.363 e. The van der Waals surface area contributed by atoms with E-state index in [9.17, 15) is 9.59 Å². The van der Waals surface area contributed by atoms with Crippen LogP contribution >= 0.6 is 0 Å². The zero-order valence-electron chi connectivity index (χ0n) is 7.44. The van der Waals surface area contributed by atoms with Crippen molar-refractivity contribution in [1.82, 2.24) is 0 Å². The number of carboxylic acids is 2. The van der Waals surface area contributed by atoms with Gasteiger partial charge < -0.3 is 14.7 Å². The van der Waals surface area contributed by atoms with Crippen LogP contribution in [-0.2, 0) is 9.59 Å². The number of carboxylic acid groups (broad SMARTS) is 2. The molecule has 70 valence electrons. The van der Waals surface area contributed by atoms with Crippen molar-refractivity contribution in [3.63, 3.8) is 0 Å². The molecule has 0 aliphatic rings. The standard InChI is InChI=1S/C7H13NO4/c1-8(2,3)5(7(11)12)4-6(9)10/h5H,4H2,1-3H3,(H-,9,10,11,12)/p+1. The highest BCUT2D eigenvalue weighted by Crippen LogP contribution is 2.07. The van der Waals surface area contributed by atoms with Gasteiger partial charge in [0.25, 0.3) is 0 Å². The largest absolute Gasteiger partial charge is 0.481 e. The summed E-state index contributed by atoms with van der Waals surface area (Å²) in [6, 6.07) is -0.887. The first-order valence-electron chi connectivity index (χ1n) is 3.51. The molecule has 12 heavy (non-hydrogen) atoms. The van der Waals surface area contributed by atoms with Crippen molar-refractivity contribution < 1.29 is 24.3 Å². The Morgan fingerprint density at radius 2 is 1.67 bits per heavy atom. The summed E-state index contributed by atoms with van der Waals surface area (Å²) in [7, 11) is 4.96. The topological polar surface area (TPSA) is 74.6 Å². The molecule has 0 aliphatic carbocycles. The van der Waals surface area contributed by atoms with Gasteiger partial charge in [-0.1, -0.05) is 0 Å². The van der Waals surface area contributed by atoms with Crippen LogP contribution in [0.3, 0.4) is 0 Å². The van der Waals surface area contributed by atoms with Crippen molar-refractivity contribution >= 4 is 11.9 Å². The van der Waals surface area contributed by atoms with E-state index >= 15 is 0 Å². The van der Waals surface area contributed by atoms with E-state index in [1.165, 1.54) is 0 Å².